The van der Waals surface area contributed by atoms with E-state index in [2.05, 4.69) is 220 Å². The van der Waals surface area contributed by atoms with Gasteiger partial charge in [-0.25, -0.2) is 4.98 Å². The van der Waals surface area contributed by atoms with Crippen LogP contribution in [-0.2, 0) is 39.3 Å². The van der Waals surface area contributed by atoms with Crippen LogP contribution < -0.4 is 9.30 Å². The fourth-order valence-electron chi connectivity index (χ4n) is 9.25. The molecule has 0 aliphatic carbocycles. The van der Waals surface area contributed by atoms with Crippen LogP contribution in [0.4, 0.5) is 0 Å². The van der Waals surface area contributed by atoms with Crippen molar-refractivity contribution in [2.75, 3.05) is 0 Å². The molecule has 0 spiro atoms. The molecule has 0 fully saturated rings. The van der Waals surface area contributed by atoms with Gasteiger partial charge in [-0.2, -0.15) is 18.2 Å². The Morgan fingerprint density at radius 3 is 1.91 bits per heavy atom. The molecule has 3 aromatic heterocycles. The van der Waals surface area contributed by atoms with E-state index >= 15 is 0 Å². The minimum Gasteiger partial charge on any atom is -0.510 e. The van der Waals surface area contributed by atoms with Crippen LogP contribution in [0.2, 0.25) is 0 Å². The third-order valence-corrected chi connectivity index (χ3v) is 12.2. The Morgan fingerprint density at radius 2 is 1.23 bits per heavy atom. The Labute approximate surface area is 403 Å². The predicted molar refractivity (Wildman–Crippen MR) is 267 cm³/mol. The van der Waals surface area contributed by atoms with Gasteiger partial charge in [0, 0.05) is 44.3 Å². The Morgan fingerprint density at radius 1 is 0.606 bits per heavy atom. The molecule has 0 radical (unpaired) electrons. The number of hydrogen-bond acceptors (Lipinski definition) is 2. The first kappa shape index (κ1) is 44.6. The molecule has 332 valence electrons. The van der Waals surface area contributed by atoms with E-state index < -0.39 is 0 Å². The molecule has 0 aliphatic heterocycles. The van der Waals surface area contributed by atoms with Gasteiger partial charge in [0.25, 0.3) is 6.33 Å². The van der Waals surface area contributed by atoms with Crippen LogP contribution >= 0.6 is 0 Å². The molecular formula is C60H54N4OPt-2. The molecule has 6 heteroatoms. The first-order valence-electron chi connectivity index (χ1n) is 22.9. The van der Waals surface area contributed by atoms with Crippen LogP contribution in [0.5, 0.6) is 11.5 Å². The van der Waals surface area contributed by atoms with Gasteiger partial charge in [0.05, 0.1) is 16.7 Å². The number of hydrogen-bond donors (Lipinski definition) is 0. The van der Waals surface area contributed by atoms with Crippen molar-refractivity contribution in [2.24, 2.45) is 11.8 Å². The van der Waals surface area contributed by atoms with Gasteiger partial charge in [0.2, 0.25) is 0 Å². The molecule has 0 atom stereocenters. The molecule has 10 rings (SSSR count). The Bertz CT molecular complexity index is 3290. The minimum absolute atomic E-state index is 0. The second-order valence-electron chi connectivity index (χ2n) is 19.2. The van der Waals surface area contributed by atoms with Crippen molar-refractivity contribution in [3.05, 3.63) is 199 Å². The van der Waals surface area contributed by atoms with Crippen molar-refractivity contribution in [1.29, 1.82) is 0 Å². The molecule has 7 aromatic carbocycles. The average molecular weight is 1040 g/mol. The number of aromatic nitrogens is 4. The fourth-order valence-corrected chi connectivity index (χ4v) is 9.25. The Balaban J connectivity index is 0.00000548. The monoisotopic (exact) mass is 1040 g/mol. The number of ether oxygens (including phenoxy) is 1. The van der Waals surface area contributed by atoms with E-state index in [1.165, 1.54) is 27.8 Å². The zero-order chi connectivity index (χ0) is 44.8. The van der Waals surface area contributed by atoms with Gasteiger partial charge in [-0.15, -0.1) is 29.7 Å². The maximum absolute atomic E-state index is 6.67. The predicted octanol–water partition coefficient (Wildman–Crippen LogP) is 14.6. The molecule has 0 N–H and O–H groups in total. The topological polar surface area (TPSA) is 35.9 Å². The maximum Gasteiger partial charge on any atom is 0.268 e. The van der Waals surface area contributed by atoms with Crippen molar-refractivity contribution < 1.29 is 30.4 Å². The van der Waals surface area contributed by atoms with Gasteiger partial charge in [-0.1, -0.05) is 163 Å². The second-order valence-corrected chi connectivity index (χ2v) is 19.2. The molecule has 0 saturated heterocycles. The second kappa shape index (κ2) is 18.4. The minimum atomic E-state index is -0.0268. The molecular weight excluding hydrogens is 988 g/mol. The van der Waals surface area contributed by atoms with Crippen LogP contribution in [0.25, 0.3) is 72.3 Å². The van der Waals surface area contributed by atoms with Gasteiger partial charge in [0.15, 0.2) is 0 Å². The molecule has 5 nitrogen and oxygen atoms in total. The van der Waals surface area contributed by atoms with E-state index in [1.807, 2.05) is 24.4 Å². The summed E-state index contributed by atoms with van der Waals surface area (Å²) < 4.78 is 13.2. The zero-order valence-corrected chi connectivity index (χ0v) is 40.9. The number of rotatable bonds is 11. The maximum atomic E-state index is 6.67. The number of pyridine rings is 1. The number of fused-ring (bicyclic) bond motifs is 4. The van der Waals surface area contributed by atoms with E-state index in [0.717, 1.165) is 74.0 Å². The summed E-state index contributed by atoms with van der Waals surface area (Å²) in [5.74, 6) is 3.13. The zero-order valence-electron chi connectivity index (χ0n) is 38.7. The van der Waals surface area contributed by atoms with Gasteiger partial charge >= 0.3 is 0 Å². The standard InChI is InChI=1S/C60H54N4O.Pt/c1-40(2)32-42-16-12-18-44(34-42)50-23-15-24-51(45-19-13-17-43(35-45)33-41(3)4)59(50)63-39-62(55-26-10-11-27-56(55)63)47-20-14-21-48(37-47)65-49-28-29-53-52-22-8-9-25-54(52)64(57(53)38-49)58-36-46(30-31-61-58)60(5,6)7;/h8-31,34-36,40-41H,32-33H2,1-7H3;/q-2;. The summed E-state index contributed by atoms with van der Waals surface area (Å²) in [6.07, 6.45) is 7.77. The molecule has 66 heavy (non-hydrogen) atoms. The Kier molecular flexibility index (Phi) is 12.4. The van der Waals surface area contributed by atoms with Gasteiger partial charge < -0.3 is 13.9 Å². The van der Waals surface area contributed by atoms with E-state index in [1.54, 1.807) is 0 Å². The summed E-state index contributed by atoms with van der Waals surface area (Å²) >= 11 is 0. The summed E-state index contributed by atoms with van der Waals surface area (Å²) in [7, 11) is 0. The molecule has 10 aromatic rings. The summed E-state index contributed by atoms with van der Waals surface area (Å²) in [6, 6.07) is 63.5. The third-order valence-electron chi connectivity index (χ3n) is 12.2. The van der Waals surface area contributed by atoms with Gasteiger partial charge in [-0.3, -0.25) is 4.57 Å². The molecule has 0 saturated carbocycles. The van der Waals surface area contributed by atoms with Crippen molar-refractivity contribution in [1.82, 2.24) is 14.1 Å². The van der Waals surface area contributed by atoms with Crippen LogP contribution in [0, 0.1) is 30.3 Å². The number of nitrogens with zero attached hydrogens (tertiary/aromatic N) is 4. The molecule has 3 heterocycles. The van der Waals surface area contributed by atoms with Crippen molar-refractivity contribution in [2.45, 2.75) is 66.7 Å². The summed E-state index contributed by atoms with van der Waals surface area (Å²) in [5, 5.41) is 2.23. The van der Waals surface area contributed by atoms with Crippen LogP contribution in [0.15, 0.2) is 164 Å². The van der Waals surface area contributed by atoms with E-state index in [0.29, 0.717) is 23.3 Å². The number of benzene rings is 7. The molecule has 0 amide bonds. The summed E-state index contributed by atoms with van der Waals surface area (Å²) in [5.41, 5.74) is 14.4. The van der Waals surface area contributed by atoms with Crippen LogP contribution in [0.1, 0.15) is 65.2 Å². The SMILES string of the molecule is CC(C)Cc1cccc(-c2cccc(-c3cccc(CC(C)C)c3)c2-[n+]2[c-]n(-c3[c-]c(Oc4[c-]c5c(cc4)c4ccccc4n5-c4cc(C(C)(C)C)ccn4)ccc3)c3ccccc32)c1.[Pt]. The Hall–Kier alpha value is -6.55. The first-order chi connectivity index (χ1) is 31.5. The van der Waals surface area contributed by atoms with Crippen molar-refractivity contribution in [3.63, 3.8) is 0 Å². The first-order valence-corrected chi connectivity index (χ1v) is 22.9. The van der Waals surface area contributed by atoms with Gasteiger partial charge in [0.1, 0.15) is 5.82 Å². The quantitative estimate of drug-likeness (QED) is 0.0956. The molecule has 0 bridgehead atoms. The smallest absolute Gasteiger partial charge is 0.268 e. The number of imidazole rings is 1. The van der Waals surface area contributed by atoms with Crippen LogP contribution in [0.3, 0.4) is 0 Å². The average Bonchev–Trinajstić information content (AvgIpc) is 3.84. The van der Waals surface area contributed by atoms with Gasteiger partial charge in [-0.05, 0) is 98.3 Å². The normalized spacial score (nSPS) is 11.8. The summed E-state index contributed by atoms with van der Waals surface area (Å²) in [4.78, 5) is 4.86. The van der Waals surface area contributed by atoms with Crippen LogP contribution in [-0.4, -0.2) is 14.1 Å². The number of para-hydroxylation sites is 4. The van der Waals surface area contributed by atoms with E-state index in [9.17, 15) is 0 Å². The summed E-state index contributed by atoms with van der Waals surface area (Å²) in [6.45, 7) is 15.8. The molecule has 0 unspecified atom stereocenters. The third kappa shape index (κ3) is 8.77. The van der Waals surface area contributed by atoms with Crippen molar-refractivity contribution >= 4 is 32.8 Å². The van der Waals surface area contributed by atoms with E-state index in [4.69, 9.17) is 9.72 Å². The van der Waals surface area contributed by atoms with Crippen molar-refractivity contribution in [3.8, 4) is 50.9 Å². The fraction of sp³-hybridized carbons (Fsp3) is 0.200. The van der Waals surface area contributed by atoms with E-state index in [-0.39, 0.29) is 26.5 Å². The largest absolute Gasteiger partial charge is 0.510 e. The molecule has 0 aliphatic rings.